The SMILES string of the molecule is S=C1N(c2ccccc2)C(=NC2CCCCC2)C(N2CCCC2)C12CCCCC2. The van der Waals surface area contributed by atoms with E-state index in [1.165, 1.54) is 102 Å². The maximum absolute atomic E-state index is 6.33. The Morgan fingerprint density at radius 1 is 0.828 bits per heavy atom. The predicted molar refractivity (Wildman–Crippen MR) is 126 cm³/mol. The summed E-state index contributed by atoms with van der Waals surface area (Å²) >= 11 is 6.33. The molecule has 29 heavy (non-hydrogen) atoms. The van der Waals surface area contributed by atoms with Crippen molar-refractivity contribution in [3.63, 3.8) is 0 Å². The topological polar surface area (TPSA) is 18.8 Å². The molecule has 1 aromatic rings. The highest BCUT2D eigenvalue weighted by Crippen LogP contribution is 2.50. The second-order valence-electron chi connectivity index (χ2n) is 9.62. The monoisotopic (exact) mass is 409 g/mol. The van der Waals surface area contributed by atoms with Crippen molar-refractivity contribution in [2.45, 2.75) is 89.1 Å². The van der Waals surface area contributed by atoms with Gasteiger partial charge in [-0.3, -0.25) is 14.8 Å². The van der Waals surface area contributed by atoms with Gasteiger partial charge in [0.05, 0.1) is 17.1 Å². The second kappa shape index (κ2) is 8.47. The minimum absolute atomic E-state index is 0.112. The molecule has 2 heterocycles. The molecule has 2 aliphatic heterocycles. The molecule has 2 aliphatic carbocycles. The number of para-hydroxylation sites is 1. The van der Waals surface area contributed by atoms with Gasteiger partial charge in [0.2, 0.25) is 0 Å². The van der Waals surface area contributed by atoms with E-state index in [2.05, 4.69) is 40.1 Å². The average Bonchev–Trinajstić information content (AvgIpc) is 3.36. The van der Waals surface area contributed by atoms with E-state index in [0.29, 0.717) is 12.1 Å². The van der Waals surface area contributed by atoms with Gasteiger partial charge >= 0.3 is 0 Å². The Morgan fingerprint density at radius 3 is 2.17 bits per heavy atom. The molecule has 3 nitrogen and oxygen atoms in total. The highest BCUT2D eigenvalue weighted by Gasteiger charge is 2.57. The Bertz CT molecular complexity index is 741. The fourth-order valence-electron chi connectivity index (χ4n) is 6.35. The zero-order valence-electron chi connectivity index (χ0n) is 17.7. The lowest BCUT2D eigenvalue weighted by molar-refractivity contribution is 0.154. The van der Waals surface area contributed by atoms with Crippen molar-refractivity contribution >= 4 is 28.7 Å². The van der Waals surface area contributed by atoms with Gasteiger partial charge < -0.3 is 0 Å². The molecular formula is C25H35N3S. The number of aliphatic imine (C=N–C) groups is 1. The Kier molecular flexibility index (Phi) is 5.75. The molecule has 0 N–H and O–H groups in total. The van der Waals surface area contributed by atoms with E-state index in [-0.39, 0.29) is 5.41 Å². The number of rotatable bonds is 3. The number of hydrogen-bond donors (Lipinski definition) is 0. The minimum atomic E-state index is 0.112. The van der Waals surface area contributed by atoms with Gasteiger partial charge in [-0.2, -0.15) is 0 Å². The number of thiocarbonyl (C=S) groups is 1. The third kappa shape index (κ3) is 3.57. The van der Waals surface area contributed by atoms with E-state index in [9.17, 15) is 0 Å². The van der Waals surface area contributed by atoms with Crippen molar-refractivity contribution < 1.29 is 0 Å². The van der Waals surface area contributed by atoms with Crippen LogP contribution >= 0.6 is 12.2 Å². The van der Waals surface area contributed by atoms with Crippen LogP contribution in [0.5, 0.6) is 0 Å². The van der Waals surface area contributed by atoms with Gasteiger partial charge in [-0.05, 0) is 63.7 Å². The first-order chi connectivity index (χ1) is 14.3. The van der Waals surface area contributed by atoms with E-state index in [1.807, 2.05) is 0 Å². The lowest BCUT2D eigenvalue weighted by Crippen LogP contribution is -2.50. The first kappa shape index (κ1) is 19.7. The molecule has 1 atom stereocenters. The van der Waals surface area contributed by atoms with Gasteiger partial charge in [0, 0.05) is 11.1 Å². The molecule has 2 saturated carbocycles. The van der Waals surface area contributed by atoms with Crippen LogP contribution in [0.15, 0.2) is 35.3 Å². The summed E-state index contributed by atoms with van der Waals surface area (Å²) in [6, 6.07) is 11.7. The summed E-state index contributed by atoms with van der Waals surface area (Å²) in [5.41, 5.74) is 1.33. The molecule has 156 valence electrons. The quantitative estimate of drug-likeness (QED) is 0.572. The maximum atomic E-state index is 6.33. The van der Waals surface area contributed by atoms with Crippen LogP contribution in [0.1, 0.15) is 77.0 Å². The van der Waals surface area contributed by atoms with Crippen LogP contribution in [0.25, 0.3) is 0 Å². The number of nitrogens with zero attached hydrogens (tertiary/aromatic N) is 3. The molecular weight excluding hydrogens is 374 g/mol. The highest BCUT2D eigenvalue weighted by atomic mass is 32.1. The molecule has 0 amide bonds. The predicted octanol–water partition coefficient (Wildman–Crippen LogP) is 5.98. The third-order valence-electron chi connectivity index (χ3n) is 7.78. The van der Waals surface area contributed by atoms with Gasteiger partial charge in [-0.1, -0.05) is 68.9 Å². The van der Waals surface area contributed by atoms with Crippen molar-refractivity contribution in [2.75, 3.05) is 18.0 Å². The van der Waals surface area contributed by atoms with E-state index in [1.54, 1.807) is 0 Å². The van der Waals surface area contributed by atoms with Crippen LogP contribution in [-0.2, 0) is 0 Å². The van der Waals surface area contributed by atoms with Crippen molar-refractivity contribution in [3.8, 4) is 0 Å². The molecule has 0 aromatic heterocycles. The van der Waals surface area contributed by atoms with Crippen molar-refractivity contribution in [2.24, 2.45) is 10.4 Å². The van der Waals surface area contributed by atoms with Crippen LogP contribution in [0.4, 0.5) is 5.69 Å². The first-order valence-corrected chi connectivity index (χ1v) is 12.4. The number of anilines is 1. The fourth-order valence-corrected chi connectivity index (χ4v) is 6.86. The zero-order chi connectivity index (χ0) is 19.7. The first-order valence-electron chi connectivity index (χ1n) is 12.0. The van der Waals surface area contributed by atoms with E-state index < -0.39 is 0 Å². The van der Waals surface area contributed by atoms with Crippen molar-refractivity contribution in [3.05, 3.63) is 30.3 Å². The summed E-state index contributed by atoms with van der Waals surface area (Å²) < 4.78 is 0. The largest absolute Gasteiger partial charge is 0.293 e. The fraction of sp³-hybridized carbons (Fsp3) is 0.680. The molecule has 5 rings (SSSR count). The van der Waals surface area contributed by atoms with Gasteiger partial charge in [0.1, 0.15) is 5.84 Å². The molecule has 0 radical (unpaired) electrons. The summed E-state index contributed by atoms with van der Waals surface area (Å²) in [5, 5.41) is 0. The molecule has 1 spiro atoms. The normalized spacial score (nSPS) is 29.9. The van der Waals surface area contributed by atoms with Gasteiger partial charge in [0.15, 0.2) is 0 Å². The van der Waals surface area contributed by atoms with Gasteiger partial charge in [-0.25, -0.2) is 0 Å². The Morgan fingerprint density at radius 2 is 1.48 bits per heavy atom. The number of likely N-dealkylation sites (tertiary alicyclic amines) is 1. The summed E-state index contributed by atoms with van der Waals surface area (Å²) in [5.74, 6) is 1.29. The molecule has 4 aliphatic rings. The van der Waals surface area contributed by atoms with Crippen molar-refractivity contribution in [1.29, 1.82) is 0 Å². The summed E-state index contributed by atoms with van der Waals surface area (Å²) in [6.45, 7) is 2.42. The molecule has 4 fully saturated rings. The van der Waals surface area contributed by atoms with E-state index in [0.717, 1.165) is 4.99 Å². The van der Waals surface area contributed by atoms with Crippen LogP contribution in [0, 0.1) is 5.41 Å². The summed E-state index contributed by atoms with van der Waals surface area (Å²) in [6.07, 6.45) is 15.6. The van der Waals surface area contributed by atoms with Gasteiger partial charge in [0.25, 0.3) is 0 Å². The smallest absolute Gasteiger partial charge is 0.127 e. The second-order valence-corrected chi connectivity index (χ2v) is 10.0. The van der Waals surface area contributed by atoms with Crippen molar-refractivity contribution in [1.82, 2.24) is 4.90 Å². The lowest BCUT2D eigenvalue weighted by Gasteiger charge is -2.41. The summed E-state index contributed by atoms with van der Waals surface area (Å²) in [4.78, 5) is 11.9. The lowest BCUT2D eigenvalue weighted by atomic mass is 9.70. The molecule has 1 aromatic carbocycles. The van der Waals surface area contributed by atoms with Crippen LogP contribution in [0.2, 0.25) is 0 Å². The Labute approximate surface area is 181 Å². The molecule has 2 saturated heterocycles. The maximum Gasteiger partial charge on any atom is 0.127 e. The standard InChI is InChI=1S/C25H35N3S/c29-24-25(16-8-3-9-17-25)22(27-18-10-11-19-27)23(26-20-12-4-1-5-13-20)28(24)21-14-6-2-7-15-21/h2,6-7,14-15,20,22H,1,3-5,8-13,16-19H2. The van der Waals surface area contributed by atoms with E-state index in [4.69, 9.17) is 17.2 Å². The van der Waals surface area contributed by atoms with Crippen LogP contribution in [0.3, 0.4) is 0 Å². The average molecular weight is 410 g/mol. The molecule has 4 heteroatoms. The Balaban J connectivity index is 1.62. The number of hydrogen-bond acceptors (Lipinski definition) is 3. The van der Waals surface area contributed by atoms with Crippen LogP contribution < -0.4 is 4.90 Å². The number of benzene rings is 1. The van der Waals surface area contributed by atoms with E-state index >= 15 is 0 Å². The Hall–Kier alpha value is -1.26. The van der Waals surface area contributed by atoms with Gasteiger partial charge in [-0.15, -0.1) is 0 Å². The number of amidine groups is 1. The minimum Gasteiger partial charge on any atom is -0.293 e. The molecule has 0 bridgehead atoms. The highest BCUT2D eigenvalue weighted by molar-refractivity contribution is 7.80. The van der Waals surface area contributed by atoms with Crippen LogP contribution in [-0.4, -0.2) is 40.9 Å². The zero-order valence-corrected chi connectivity index (χ0v) is 18.5. The summed E-state index contributed by atoms with van der Waals surface area (Å²) in [7, 11) is 0. The molecule has 1 unspecified atom stereocenters. The third-order valence-corrected chi connectivity index (χ3v) is 8.37.